The van der Waals surface area contributed by atoms with Crippen LogP contribution in [0.1, 0.15) is 336 Å². The molecule has 0 bridgehead atoms. The van der Waals surface area contributed by atoms with Crippen LogP contribution in [-0.4, -0.2) is 96.7 Å². The minimum atomic E-state index is -5.00. The van der Waals surface area contributed by atoms with Crippen LogP contribution in [0.3, 0.4) is 0 Å². The Morgan fingerprint density at radius 1 is 0.269 bits per heavy atom. The molecule has 598 valence electrons. The highest BCUT2D eigenvalue weighted by molar-refractivity contribution is 7.47. The minimum absolute atomic E-state index is 0.0372. The highest BCUT2D eigenvalue weighted by Crippen LogP contribution is 2.45. The van der Waals surface area contributed by atoms with E-state index in [1.165, 1.54) is 141 Å². The molecule has 0 spiro atoms. The molecule has 0 rings (SSSR count). The summed E-state index contributed by atoms with van der Waals surface area (Å²) in [5.74, 6) is -2.35. The first-order valence-corrected chi connectivity index (χ1v) is 43.8. The topological polar surface area (TPSA) is 237 Å². The van der Waals surface area contributed by atoms with E-state index in [-0.39, 0.29) is 25.7 Å². The van der Waals surface area contributed by atoms with Gasteiger partial charge in [0.25, 0.3) is 0 Å². The van der Waals surface area contributed by atoms with Gasteiger partial charge in [0.15, 0.2) is 12.2 Å². The van der Waals surface area contributed by atoms with E-state index in [0.717, 1.165) is 103 Å². The molecule has 3 N–H and O–H groups in total. The Labute approximate surface area is 632 Å². The van der Waals surface area contributed by atoms with Gasteiger partial charge in [-0.15, -0.1) is 0 Å². The average Bonchev–Trinajstić information content (AvgIpc) is 0.913. The summed E-state index contributed by atoms with van der Waals surface area (Å²) < 4.78 is 68.5. The number of unbranched alkanes of at least 4 members (excludes halogenated alkanes) is 30. The number of aliphatic hydroxyl groups excluding tert-OH is 1. The first-order chi connectivity index (χ1) is 50.7. The molecule has 0 aliphatic rings. The number of aliphatic hydroxyl groups is 1. The van der Waals surface area contributed by atoms with Crippen molar-refractivity contribution in [3.63, 3.8) is 0 Å². The second-order valence-corrected chi connectivity index (χ2v) is 29.9. The minimum Gasteiger partial charge on any atom is -0.462 e. The van der Waals surface area contributed by atoms with Gasteiger partial charge >= 0.3 is 39.5 Å². The Kier molecular flexibility index (Phi) is 73.3. The summed E-state index contributed by atoms with van der Waals surface area (Å²) in [6, 6.07) is 0. The zero-order valence-electron chi connectivity index (χ0n) is 65.4. The second-order valence-electron chi connectivity index (χ2n) is 27.0. The molecule has 4 atom stereocenters. The van der Waals surface area contributed by atoms with Crippen LogP contribution in [-0.2, 0) is 65.4 Å². The van der Waals surface area contributed by atoms with Gasteiger partial charge in [-0.25, -0.2) is 9.13 Å². The molecule has 0 radical (unpaired) electrons. The Morgan fingerprint density at radius 3 is 0.760 bits per heavy atom. The number of hydrogen-bond donors (Lipinski definition) is 3. The summed E-state index contributed by atoms with van der Waals surface area (Å²) in [5.41, 5.74) is 0. The molecular weight excluding hydrogens is 1350 g/mol. The Bertz CT molecular complexity index is 2280. The van der Waals surface area contributed by atoms with Crippen molar-refractivity contribution in [1.82, 2.24) is 0 Å². The van der Waals surface area contributed by atoms with Crippen LogP contribution in [0.2, 0.25) is 0 Å². The predicted molar refractivity (Wildman–Crippen MR) is 427 cm³/mol. The van der Waals surface area contributed by atoms with Crippen LogP contribution >= 0.6 is 15.6 Å². The summed E-state index contributed by atoms with van der Waals surface area (Å²) in [6.45, 7) is 4.68. The van der Waals surface area contributed by atoms with Crippen LogP contribution in [0, 0.1) is 0 Å². The van der Waals surface area contributed by atoms with E-state index in [0.29, 0.717) is 38.5 Å². The van der Waals surface area contributed by atoms with E-state index in [4.69, 9.17) is 37.0 Å². The summed E-state index contributed by atoms with van der Waals surface area (Å²) in [5, 5.41) is 10.6. The lowest BCUT2D eigenvalue weighted by Gasteiger charge is -2.21. The highest BCUT2D eigenvalue weighted by Gasteiger charge is 2.30. The van der Waals surface area contributed by atoms with Crippen molar-refractivity contribution in [3.8, 4) is 0 Å². The maximum Gasteiger partial charge on any atom is 0.472 e. The molecule has 0 saturated heterocycles. The summed E-state index contributed by atoms with van der Waals surface area (Å²) in [4.78, 5) is 72.9. The molecule has 0 saturated carbocycles. The molecule has 19 heteroatoms. The number of carbonyl (C=O) groups is 4. The fraction of sp³-hybridized carbons (Fsp3) is 0.718. The van der Waals surface area contributed by atoms with Gasteiger partial charge in [0.1, 0.15) is 19.3 Å². The predicted octanol–water partition coefficient (Wildman–Crippen LogP) is 23.9. The number of allylic oxidation sites excluding steroid dienone is 20. The second kappa shape index (κ2) is 76.6. The van der Waals surface area contributed by atoms with Crippen molar-refractivity contribution >= 4 is 39.5 Å². The number of esters is 4. The molecule has 0 aliphatic carbocycles. The lowest BCUT2D eigenvalue weighted by atomic mass is 10.0. The lowest BCUT2D eigenvalue weighted by molar-refractivity contribution is -0.161. The Hall–Kier alpha value is -4.54. The number of ether oxygens (including phenoxy) is 4. The highest BCUT2D eigenvalue weighted by atomic mass is 31.2. The van der Waals surface area contributed by atoms with Crippen molar-refractivity contribution in [2.24, 2.45) is 0 Å². The van der Waals surface area contributed by atoms with E-state index in [2.05, 4.69) is 125 Å². The quantitative estimate of drug-likeness (QED) is 0.0169. The largest absolute Gasteiger partial charge is 0.472 e. The molecule has 104 heavy (non-hydrogen) atoms. The van der Waals surface area contributed by atoms with Crippen molar-refractivity contribution in [3.05, 3.63) is 122 Å². The molecule has 0 aromatic heterocycles. The van der Waals surface area contributed by atoms with Crippen molar-refractivity contribution in [2.75, 3.05) is 39.6 Å². The molecule has 0 heterocycles. The smallest absolute Gasteiger partial charge is 0.462 e. The van der Waals surface area contributed by atoms with Gasteiger partial charge in [0, 0.05) is 25.7 Å². The van der Waals surface area contributed by atoms with Crippen molar-refractivity contribution in [1.29, 1.82) is 0 Å². The van der Waals surface area contributed by atoms with Gasteiger partial charge in [0.2, 0.25) is 0 Å². The van der Waals surface area contributed by atoms with Crippen LogP contribution < -0.4 is 0 Å². The Morgan fingerprint density at radius 2 is 0.490 bits per heavy atom. The number of phosphoric ester groups is 2. The van der Waals surface area contributed by atoms with E-state index in [1.807, 2.05) is 24.3 Å². The zero-order chi connectivity index (χ0) is 76.0. The van der Waals surface area contributed by atoms with Gasteiger partial charge in [-0.05, 0) is 103 Å². The van der Waals surface area contributed by atoms with Crippen LogP contribution in [0.4, 0.5) is 0 Å². The molecular formula is C85H146O17P2. The molecule has 0 aromatic carbocycles. The normalized spacial score (nSPS) is 14.5. The number of hydrogen-bond acceptors (Lipinski definition) is 15. The van der Waals surface area contributed by atoms with E-state index in [9.17, 15) is 43.2 Å². The average molecular weight is 1500 g/mol. The molecule has 0 aliphatic heterocycles. The third kappa shape index (κ3) is 75.7. The van der Waals surface area contributed by atoms with E-state index < -0.39 is 97.5 Å². The van der Waals surface area contributed by atoms with Crippen molar-refractivity contribution in [2.45, 2.75) is 354 Å². The monoisotopic (exact) mass is 1500 g/mol. The van der Waals surface area contributed by atoms with Crippen LogP contribution in [0.25, 0.3) is 0 Å². The summed E-state index contributed by atoms with van der Waals surface area (Å²) in [7, 11) is -9.99. The van der Waals surface area contributed by atoms with Crippen molar-refractivity contribution < 1.29 is 80.2 Å². The maximum absolute atomic E-state index is 13.1. The Balaban J connectivity index is 5.44. The van der Waals surface area contributed by atoms with E-state index in [1.54, 1.807) is 0 Å². The first kappa shape index (κ1) is 99.5. The first-order valence-electron chi connectivity index (χ1n) is 40.8. The van der Waals surface area contributed by atoms with Crippen LogP contribution in [0.5, 0.6) is 0 Å². The van der Waals surface area contributed by atoms with Gasteiger partial charge in [-0.1, -0.05) is 329 Å². The van der Waals surface area contributed by atoms with Gasteiger partial charge < -0.3 is 33.8 Å². The standard InChI is InChI=1S/C85H146O17P2/c1-5-9-13-17-21-25-29-33-35-37-39-41-43-47-49-53-57-61-65-69-82(87)95-75-80(101-84(89)71-67-63-59-55-51-45-31-27-23-19-15-11-7-3)77-99-103(91,92)97-73-79(86)74-98-104(93,94)100-78-81(102-85(90)72-68-64-60-56-52-46-32-28-24-20-16-12-8-4)76-96-83(88)70-66-62-58-54-50-48-44-42-40-38-36-34-30-26-22-18-14-10-6-2/h21-22,25-26,33-36,39-42,47-50,57-58,61-62,79-81,86H,5-20,23-24,27-32,37-38,43-46,51-56,59-60,63-78H2,1-4H3,(H,91,92)(H,93,94)/b25-21-,26-22-,35-33-,36-34-,41-39-,42-40-,49-47-,50-48-,61-57-,62-58-/t80-,81-/m1/s1. The van der Waals surface area contributed by atoms with Gasteiger partial charge in [-0.2, -0.15) is 0 Å². The molecule has 2 unspecified atom stereocenters. The number of carbonyl (C=O) groups excluding carboxylic acids is 4. The third-order valence-electron chi connectivity index (χ3n) is 17.0. The maximum atomic E-state index is 13.1. The van der Waals surface area contributed by atoms with Gasteiger partial charge in [0.05, 0.1) is 26.4 Å². The van der Waals surface area contributed by atoms with Gasteiger partial charge in [-0.3, -0.25) is 37.3 Å². The SMILES string of the molecule is CCCCC/C=C\C/C=C\C/C=C\C/C=C\C/C=C\CCC(=O)OC[C@H](COP(=O)(O)OCC(O)COP(=O)(O)OC[C@@H](COC(=O)CC/C=C\C/C=C\C/C=C\C/C=C\C/C=C\CCCCC)OC(=O)CCCCCCCCCCCCCCC)OC(=O)CCCCCCCCCCCCCCC. The number of phosphoric acid groups is 2. The fourth-order valence-corrected chi connectivity index (χ4v) is 12.3. The lowest BCUT2D eigenvalue weighted by Crippen LogP contribution is -2.30. The van der Waals surface area contributed by atoms with E-state index >= 15 is 0 Å². The number of rotatable bonds is 76. The fourth-order valence-electron chi connectivity index (χ4n) is 10.7. The molecule has 17 nitrogen and oxygen atoms in total. The van der Waals surface area contributed by atoms with Crippen LogP contribution in [0.15, 0.2) is 122 Å². The summed E-state index contributed by atoms with van der Waals surface area (Å²) in [6.07, 6.45) is 84.9. The molecule has 0 fully saturated rings. The summed E-state index contributed by atoms with van der Waals surface area (Å²) >= 11 is 0. The molecule has 0 aromatic rings. The third-order valence-corrected chi connectivity index (χ3v) is 18.9. The molecule has 0 amide bonds. The zero-order valence-corrected chi connectivity index (χ0v) is 67.2.